The van der Waals surface area contributed by atoms with Gasteiger partial charge in [-0.25, -0.2) is 19.2 Å². The lowest BCUT2D eigenvalue weighted by molar-refractivity contribution is -0.137. The van der Waals surface area contributed by atoms with Gasteiger partial charge in [-0.3, -0.25) is 19.2 Å². The molecule has 2 fully saturated rings. The van der Waals surface area contributed by atoms with Gasteiger partial charge in [-0.15, -0.1) is 0 Å². The van der Waals surface area contributed by atoms with Gasteiger partial charge in [-0.05, 0) is 58.4 Å². The monoisotopic (exact) mass is 674 g/mol. The molecule has 0 radical (unpaired) electrons. The zero-order chi connectivity index (χ0) is 35.3. The minimum atomic E-state index is -4.68. The molecule has 4 heterocycles. The molecular formula is C32H38F4N8O4. The summed E-state index contributed by atoms with van der Waals surface area (Å²) in [5, 5.41) is 4.51. The number of aryl methyl sites for hydroxylation is 2. The quantitative estimate of drug-likeness (QED) is 0.328. The molecule has 0 aliphatic carbocycles. The van der Waals surface area contributed by atoms with Crippen LogP contribution in [0, 0.1) is 12.7 Å². The first-order chi connectivity index (χ1) is 22.3. The fourth-order valence-electron chi connectivity index (χ4n) is 5.80. The van der Waals surface area contributed by atoms with Crippen molar-refractivity contribution in [1.29, 1.82) is 0 Å². The molecule has 1 unspecified atom stereocenters. The highest BCUT2D eigenvalue weighted by molar-refractivity contribution is 6.09. The summed E-state index contributed by atoms with van der Waals surface area (Å²) in [5.74, 6) is -1.11. The highest BCUT2D eigenvalue weighted by atomic mass is 19.4. The van der Waals surface area contributed by atoms with Gasteiger partial charge in [0.15, 0.2) is 5.82 Å². The number of halogens is 4. The maximum Gasteiger partial charge on any atom is 0.416 e. The number of alkyl halides is 3. The Kier molecular flexibility index (Phi) is 9.14. The molecule has 0 saturated carbocycles. The topological polar surface area (TPSA) is 117 Å². The van der Waals surface area contributed by atoms with Crippen LogP contribution in [0.5, 0.6) is 0 Å². The Morgan fingerprint density at radius 1 is 1.08 bits per heavy atom. The predicted molar refractivity (Wildman–Crippen MR) is 168 cm³/mol. The second kappa shape index (κ2) is 12.7. The van der Waals surface area contributed by atoms with Crippen LogP contribution in [0.2, 0.25) is 0 Å². The van der Waals surface area contributed by atoms with Crippen molar-refractivity contribution >= 4 is 35.1 Å². The lowest BCUT2D eigenvalue weighted by atomic mass is 10.0. The first kappa shape index (κ1) is 34.6. The smallest absolute Gasteiger partial charge is 0.416 e. The van der Waals surface area contributed by atoms with E-state index in [1.807, 2.05) is 0 Å². The maximum absolute atomic E-state index is 15.5. The van der Waals surface area contributed by atoms with E-state index in [1.165, 1.54) is 31.0 Å². The van der Waals surface area contributed by atoms with E-state index in [4.69, 9.17) is 4.74 Å². The van der Waals surface area contributed by atoms with Gasteiger partial charge in [-0.1, -0.05) is 6.07 Å². The fourth-order valence-corrected chi connectivity index (χ4v) is 5.80. The SMILES string of the molecule is Cc1cc(C(F)(F)F)cc(N2C(=O)CCC2C(=O)N(C)c2cccc(F)c2N(C)Cc2nc(C3CN(C(=O)OC(C)(C)C)C3)nn2C)n1. The number of carbonyl (C=O) groups excluding carboxylic acids is 3. The number of para-hydroxylation sites is 1. The van der Waals surface area contributed by atoms with Crippen LogP contribution in [-0.2, 0) is 34.1 Å². The zero-order valence-electron chi connectivity index (χ0n) is 27.8. The van der Waals surface area contributed by atoms with Crippen molar-refractivity contribution in [2.75, 3.05) is 41.9 Å². The van der Waals surface area contributed by atoms with E-state index in [1.54, 1.807) is 55.4 Å². The Labute approximate surface area is 275 Å². The molecule has 2 aromatic heterocycles. The molecule has 0 spiro atoms. The van der Waals surface area contributed by atoms with Gasteiger partial charge in [-0.2, -0.15) is 18.3 Å². The fraction of sp³-hybridized carbons (Fsp3) is 0.500. The largest absolute Gasteiger partial charge is 0.444 e. The number of hydrogen-bond acceptors (Lipinski definition) is 8. The minimum Gasteiger partial charge on any atom is -0.444 e. The second-order valence-corrected chi connectivity index (χ2v) is 13.1. The van der Waals surface area contributed by atoms with Crippen molar-refractivity contribution in [3.8, 4) is 0 Å². The molecule has 2 aliphatic rings. The van der Waals surface area contributed by atoms with E-state index in [9.17, 15) is 27.6 Å². The Balaban J connectivity index is 1.34. The van der Waals surface area contributed by atoms with E-state index in [2.05, 4.69) is 15.1 Å². The van der Waals surface area contributed by atoms with E-state index in [0.29, 0.717) is 24.7 Å². The molecule has 3 aromatic rings. The lowest BCUT2D eigenvalue weighted by Crippen LogP contribution is -2.50. The summed E-state index contributed by atoms with van der Waals surface area (Å²) in [6.07, 6.45) is -5.10. The Hall–Kier alpha value is -4.76. The van der Waals surface area contributed by atoms with Gasteiger partial charge in [0.1, 0.15) is 29.1 Å². The third kappa shape index (κ3) is 7.06. The van der Waals surface area contributed by atoms with E-state index in [0.717, 1.165) is 17.0 Å². The van der Waals surface area contributed by atoms with Crippen LogP contribution < -0.4 is 14.7 Å². The molecule has 12 nitrogen and oxygen atoms in total. The zero-order valence-corrected chi connectivity index (χ0v) is 27.8. The van der Waals surface area contributed by atoms with Crippen molar-refractivity contribution < 1.29 is 36.7 Å². The van der Waals surface area contributed by atoms with Crippen LogP contribution in [0.4, 0.5) is 39.5 Å². The maximum atomic E-state index is 15.5. The number of carbonyl (C=O) groups is 3. The number of nitrogens with zero attached hydrogens (tertiary/aromatic N) is 8. The summed E-state index contributed by atoms with van der Waals surface area (Å²) >= 11 is 0. The van der Waals surface area contributed by atoms with Gasteiger partial charge in [0.05, 0.1) is 29.4 Å². The number of aromatic nitrogens is 4. The molecule has 1 aromatic carbocycles. The number of rotatable bonds is 7. The van der Waals surface area contributed by atoms with Crippen LogP contribution in [0.15, 0.2) is 30.3 Å². The summed E-state index contributed by atoms with van der Waals surface area (Å²) in [4.78, 5) is 53.2. The summed E-state index contributed by atoms with van der Waals surface area (Å²) in [6, 6.07) is 4.70. The normalized spacial score (nSPS) is 17.1. The average molecular weight is 675 g/mol. The van der Waals surface area contributed by atoms with Gasteiger partial charge in [0, 0.05) is 46.3 Å². The van der Waals surface area contributed by atoms with Crippen LogP contribution >= 0.6 is 0 Å². The average Bonchev–Trinajstić information content (AvgIpc) is 3.50. The first-order valence-corrected chi connectivity index (χ1v) is 15.4. The number of amides is 3. The standard InChI is InChI=1S/C32H38F4N8O4/c1-18-13-20(32(34,35)36)14-24(37-18)44-23(11-12-26(44)45)29(46)41(6)22-10-8-9-21(33)27(22)40(5)17-25-38-28(39-42(25)7)19-15-43(16-19)30(47)48-31(2,3)4/h8-10,13-14,19,23H,11-12,15-17H2,1-7H3. The Morgan fingerprint density at radius 3 is 2.42 bits per heavy atom. The lowest BCUT2D eigenvalue weighted by Gasteiger charge is -2.38. The number of anilines is 3. The minimum absolute atomic E-state index is 0.0396. The van der Waals surface area contributed by atoms with Crippen molar-refractivity contribution in [1.82, 2.24) is 24.6 Å². The molecule has 5 rings (SSSR count). The number of likely N-dealkylation sites (tertiary alicyclic amines) is 1. The van der Waals surface area contributed by atoms with Crippen LogP contribution in [0.25, 0.3) is 0 Å². The molecule has 16 heteroatoms. The third-order valence-electron chi connectivity index (χ3n) is 8.20. The summed E-state index contributed by atoms with van der Waals surface area (Å²) in [7, 11) is 4.76. The molecule has 3 amide bonds. The first-order valence-electron chi connectivity index (χ1n) is 15.4. The van der Waals surface area contributed by atoms with Crippen molar-refractivity contribution in [3.63, 3.8) is 0 Å². The Bertz CT molecular complexity index is 1730. The third-order valence-corrected chi connectivity index (χ3v) is 8.20. The number of benzene rings is 1. The number of likely N-dealkylation sites (N-methyl/N-ethyl adjacent to an activating group) is 1. The molecule has 0 N–H and O–H groups in total. The molecule has 2 saturated heterocycles. The summed E-state index contributed by atoms with van der Waals surface area (Å²) in [6.45, 7) is 7.66. The highest BCUT2D eigenvalue weighted by Crippen LogP contribution is 2.37. The number of hydrogen-bond donors (Lipinski definition) is 0. The van der Waals surface area contributed by atoms with Gasteiger partial charge >= 0.3 is 12.3 Å². The van der Waals surface area contributed by atoms with E-state index >= 15 is 4.39 Å². The Morgan fingerprint density at radius 2 is 1.77 bits per heavy atom. The predicted octanol–water partition coefficient (Wildman–Crippen LogP) is 4.81. The van der Waals surface area contributed by atoms with E-state index < -0.39 is 47.1 Å². The van der Waals surface area contributed by atoms with Crippen LogP contribution in [-0.4, -0.2) is 81.4 Å². The van der Waals surface area contributed by atoms with Crippen LogP contribution in [0.1, 0.15) is 62.4 Å². The van der Waals surface area contributed by atoms with Crippen molar-refractivity contribution in [2.45, 2.75) is 70.8 Å². The molecule has 0 bridgehead atoms. The van der Waals surface area contributed by atoms with Crippen molar-refractivity contribution in [2.24, 2.45) is 7.05 Å². The van der Waals surface area contributed by atoms with Crippen molar-refractivity contribution in [3.05, 3.63) is 59.1 Å². The van der Waals surface area contributed by atoms with Crippen LogP contribution in [0.3, 0.4) is 0 Å². The van der Waals surface area contributed by atoms with Gasteiger partial charge in [0.25, 0.3) is 0 Å². The summed E-state index contributed by atoms with van der Waals surface area (Å²) in [5.41, 5.74) is -1.30. The molecule has 48 heavy (non-hydrogen) atoms. The molecule has 258 valence electrons. The van der Waals surface area contributed by atoms with E-state index in [-0.39, 0.29) is 48.2 Å². The number of pyridine rings is 1. The summed E-state index contributed by atoms with van der Waals surface area (Å²) < 4.78 is 63.1. The number of ether oxygens (including phenoxy) is 1. The molecule has 2 aliphatic heterocycles. The van der Waals surface area contributed by atoms with Gasteiger partial charge < -0.3 is 19.4 Å². The highest BCUT2D eigenvalue weighted by Gasteiger charge is 2.42. The molecular weight excluding hydrogens is 636 g/mol. The molecule has 1 atom stereocenters. The van der Waals surface area contributed by atoms with Gasteiger partial charge in [0.2, 0.25) is 11.8 Å². The second-order valence-electron chi connectivity index (χ2n) is 13.1.